The van der Waals surface area contributed by atoms with Crippen molar-refractivity contribution in [1.82, 2.24) is 10.2 Å². The van der Waals surface area contributed by atoms with Gasteiger partial charge in [0.05, 0.1) is 12.5 Å². The van der Waals surface area contributed by atoms with Crippen molar-refractivity contribution in [2.24, 2.45) is 5.92 Å². The third kappa shape index (κ3) is 5.06. The lowest BCUT2D eigenvalue weighted by atomic mass is 9.84. The number of amides is 2. The fourth-order valence-electron chi connectivity index (χ4n) is 2.32. The molecule has 0 aromatic carbocycles. The molecule has 0 aromatic rings. The molecule has 1 rings (SSSR count). The fraction of sp³-hybridized carbons (Fsp3) is 0.846. The first kappa shape index (κ1) is 15.8. The minimum absolute atomic E-state index is 0.224. The summed E-state index contributed by atoms with van der Waals surface area (Å²) >= 11 is 0. The van der Waals surface area contributed by atoms with Gasteiger partial charge in [-0.2, -0.15) is 0 Å². The molecule has 2 amide bonds. The SMILES string of the molecule is CCOCCN(C)C(=O)NC1CCCCC1C(=O)O. The van der Waals surface area contributed by atoms with Gasteiger partial charge in [-0.15, -0.1) is 0 Å². The summed E-state index contributed by atoms with van der Waals surface area (Å²) in [5, 5.41) is 12.0. The molecule has 1 aliphatic rings. The van der Waals surface area contributed by atoms with Gasteiger partial charge in [-0.05, 0) is 19.8 Å². The first-order valence-corrected chi connectivity index (χ1v) is 6.88. The number of carbonyl (C=O) groups excluding carboxylic acids is 1. The van der Waals surface area contributed by atoms with Gasteiger partial charge < -0.3 is 20.1 Å². The van der Waals surface area contributed by atoms with E-state index in [1.54, 1.807) is 7.05 Å². The molecule has 19 heavy (non-hydrogen) atoms. The van der Waals surface area contributed by atoms with Crippen molar-refractivity contribution in [2.45, 2.75) is 38.6 Å². The van der Waals surface area contributed by atoms with E-state index in [1.165, 1.54) is 4.90 Å². The van der Waals surface area contributed by atoms with Gasteiger partial charge in [-0.3, -0.25) is 4.79 Å². The average molecular weight is 272 g/mol. The number of hydrogen-bond acceptors (Lipinski definition) is 3. The lowest BCUT2D eigenvalue weighted by molar-refractivity contribution is -0.143. The van der Waals surface area contributed by atoms with Crippen LogP contribution >= 0.6 is 0 Å². The Morgan fingerprint density at radius 2 is 2.05 bits per heavy atom. The molecule has 1 saturated carbocycles. The Morgan fingerprint density at radius 3 is 2.68 bits per heavy atom. The standard InChI is InChI=1S/C13H24N2O4/c1-3-19-9-8-15(2)13(18)14-11-7-5-4-6-10(11)12(16)17/h10-11H,3-9H2,1-2H3,(H,14,18)(H,16,17). The van der Waals surface area contributed by atoms with Crippen molar-refractivity contribution >= 4 is 12.0 Å². The van der Waals surface area contributed by atoms with Crippen molar-refractivity contribution in [3.05, 3.63) is 0 Å². The van der Waals surface area contributed by atoms with E-state index in [-0.39, 0.29) is 12.1 Å². The van der Waals surface area contributed by atoms with E-state index >= 15 is 0 Å². The van der Waals surface area contributed by atoms with Gasteiger partial charge >= 0.3 is 12.0 Å². The molecular weight excluding hydrogens is 248 g/mol. The second kappa shape index (κ2) is 7.99. The first-order chi connectivity index (χ1) is 9.06. The van der Waals surface area contributed by atoms with Crippen LogP contribution in [0.3, 0.4) is 0 Å². The predicted molar refractivity (Wildman–Crippen MR) is 71.0 cm³/mol. The van der Waals surface area contributed by atoms with E-state index in [9.17, 15) is 9.59 Å². The van der Waals surface area contributed by atoms with E-state index in [1.807, 2.05) is 6.92 Å². The van der Waals surface area contributed by atoms with Crippen LogP contribution in [0.1, 0.15) is 32.6 Å². The van der Waals surface area contributed by atoms with Crippen LogP contribution in [-0.2, 0) is 9.53 Å². The van der Waals surface area contributed by atoms with Crippen molar-refractivity contribution in [2.75, 3.05) is 26.8 Å². The van der Waals surface area contributed by atoms with E-state index < -0.39 is 11.9 Å². The molecule has 6 nitrogen and oxygen atoms in total. The zero-order valence-electron chi connectivity index (χ0n) is 11.7. The molecule has 0 aliphatic heterocycles. The number of nitrogens with zero attached hydrogens (tertiary/aromatic N) is 1. The number of hydrogen-bond donors (Lipinski definition) is 2. The topological polar surface area (TPSA) is 78.9 Å². The molecule has 0 heterocycles. The molecule has 0 bridgehead atoms. The largest absolute Gasteiger partial charge is 0.481 e. The molecule has 2 atom stereocenters. The average Bonchev–Trinajstić information content (AvgIpc) is 2.39. The smallest absolute Gasteiger partial charge is 0.317 e. The fourth-order valence-corrected chi connectivity index (χ4v) is 2.32. The van der Waals surface area contributed by atoms with Gasteiger partial charge in [0.25, 0.3) is 0 Å². The highest BCUT2D eigenvalue weighted by molar-refractivity contribution is 5.76. The highest BCUT2D eigenvalue weighted by Crippen LogP contribution is 2.24. The van der Waals surface area contributed by atoms with Crippen LogP contribution in [0.25, 0.3) is 0 Å². The number of ether oxygens (including phenoxy) is 1. The summed E-state index contributed by atoms with van der Waals surface area (Å²) in [5.74, 6) is -1.28. The van der Waals surface area contributed by atoms with E-state index in [4.69, 9.17) is 9.84 Å². The van der Waals surface area contributed by atoms with E-state index in [0.29, 0.717) is 26.2 Å². The summed E-state index contributed by atoms with van der Waals surface area (Å²) in [7, 11) is 1.69. The lowest BCUT2D eigenvalue weighted by Crippen LogP contribution is -2.49. The maximum absolute atomic E-state index is 11.9. The lowest BCUT2D eigenvalue weighted by Gasteiger charge is -2.31. The van der Waals surface area contributed by atoms with Crippen LogP contribution in [0.15, 0.2) is 0 Å². The summed E-state index contributed by atoms with van der Waals surface area (Å²) < 4.78 is 5.19. The molecule has 0 saturated heterocycles. The van der Waals surface area contributed by atoms with Gasteiger partial charge in [-0.25, -0.2) is 4.79 Å². The molecule has 2 N–H and O–H groups in total. The summed E-state index contributed by atoms with van der Waals surface area (Å²) in [5.41, 5.74) is 0. The maximum Gasteiger partial charge on any atom is 0.317 e. The Hall–Kier alpha value is -1.30. The molecular formula is C13H24N2O4. The van der Waals surface area contributed by atoms with Gasteiger partial charge in [0, 0.05) is 26.2 Å². The monoisotopic (exact) mass is 272 g/mol. The molecule has 0 aromatic heterocycles. The third-order valence-electron chi connectivity index (χ3n) is 3.51. The van der Waals surface area contributed by atoms with Crippen LogP contribution < -0.4 is 5.32 Å². The molecule has 1 fully saturated rings. The normalized spacial score (nSPS) is 22.8. The van der Waals surface area contributed by atoms with Crippen molar-refractivity contribution < 1.29 is 19.4 Å². The molecule has 0 radical (unpaired) electrons. The van der Waals surface area contributed by atoms with Crippen molar-refractivity contribution in [3.63, 3.8) is 0 Å². The maximum atomic E-state index is 11.9. The second-order valence-corrected chi connectivity index (χ2v) is 4.90. The first-order valence-electron chi connectivity index (χ1n) is 6.88. The Balaban J connectivity index is 2.42. The minimum Gasteiger partial charge on any atom is -0.481 e. The number of nitrogens with one attached hydrogen (secondary N) is 1. The number of urea groups is 1. The van der Waals surface area contributed by atoms with Gasteiger partial charge in [-0.1, -0.05) is 12.8 Å². The summed E-state index contributed by atoms with van der Waals surface area (Å²) in [6, 6.07) is -0.480. The van der Waals surface area contributed by atoms with Gasteiger partial charge in [0.1, 0.15) is 0 Å². The van der Waals surface area contributed by atoms with Crippen molar-refractivity contribution in [3.8, 4) is 0 Å². The number of rotatable bonds is 6. The zero-order chi connectivity index (χ0) is 14.3. The Morgan fingerprint density at radius 1 is 1.37 bits per heavy atom. The van der Waals surface area contributed by atoms with Crippen LogP contribution in [-0.4, -0.2) is 54.9 Å². The molecule has 2 unspecified atom stereocenters. The number of likely N-dealkylation sites (N-methyl/N-ethyl adjacent to an activating group) is 1. The van der Waals surface area contributed by atoms with E-state index in [0.717, 1.165) is 19.3 Å². The Bertz CT molecular complexity index is 309. The minimum atomic E-state index is -0.818. The summed E-state index contributed by atoms with van der Waals surface area (Å²) in [4.78, 5) is 24.6. The molecule has 6 heteroatoms. The van der Waals surface area contributed by atoms with Crippen LogP contribution in [0, 0.1) is 5.92 Å². The molecule has 0 spiro atoms. The van der Waals surface area contributed by atoms with Crippen LogP contribution in [0.2, 0.25) is 0 Å². The number of carboxylic acid groups (broad SMARTS) is 1. The van der Waals surface area contributed by atoms with Crippen LogP contribution in [0.5, 0.6) is 0 Å². The predicted octanol–water partition coefficient (Wildman–Crippen LogP) is 1.31. The Labute approximate surface area is 114 Å². The second-order valence-electron chi connectivity index (χ2n) is 4.90. The van der Waals surface area contributed by atoms with Gasteiger partial charge in [0.15, 0.2) is 0 Å². The van der Waals surface area contributed by atoms with Crippen LogP contribution in [0.4, 0.5) is 4.79 Å². The number of carbonyl (C=O) groups is 2. The molecule has 1 aliphatic carbocycles. The summed E-state index contributed by atoms with van der Waals surface area (Å²) in [6.07, 6.45) is 3.27. The highest BCUT2D eigenvalue weighted by atomic mass is 16.5. The van der Waals surface area contributed by atoms with Crippen molar-refractivity contribution in [1.29, 1.82) is 0 Å². The third-order valence-corrected chi connectivity index (χ3v) is 3.51. The Kier molecular flexibility index (Phi) is 6.62. The number of aliphatic carboxylic acids is 1. The zero-order valence-corrected chi connectivity index (χ0v) is 11.7. The quantitative estimate of drug-likeness (QED) is 0.714. The van der Waals surface area contributed by atoms with Gasteiger partial charge in [0.2, 0.25) is 0 Å². The highest BCUT2D eigenvalue weighted by Gasteiger charge is 2.32. The summed E-state index contributed by atoms with van der Waals surface area (Å²) in [6.45, 7) is 3.52. The van der Waals surface area contributed by atoms with E-state index in [2.05, 4.69) is 5.32 Å². The number of carboxylic acids is 1. The molecule has 110 valence electrons.